The molecule has 4 aromatic rings. The van der Waals surface area contributed by atoms with Crippen LogP contribution in [-0.2, 0) is 9.53 Å². The van der Waals surface area contributed by atoms with Crippen LogP contribution in [0.5, 0.6) is 11.5 Å². The third-order valence-corrected chi connectivity index (χ3v) is 5.20. The zero-order chi connectivity index (χ0) is 23.2. The molecule has 33 heavy (non-hydrogen) atoms. The van der Waals surface area contributed by atoms with E-state index in [0.29, 0.717) is 22.4 Å². The summed E-state index contributed by atoms with van der Waals surface area (Å²) >= 11 is 0. The minimum atomic E-state index is -0.673. The molecule has 0 aliphatic heterocycles. The predicted molar refractivity (Wildman–Crippen MR) is 122 cm³/mol. The third-order valence-electron chi connectivity index (χ3n) is 5.20. The molecule has 1 heterocycles. The molecule has 3 aromatic carbocycles. The largest absolute Gasteiger partial charge is 0.497 e. The zero-order valence-electron chi connectivity index (χ0n) is 18.2. The number of aromatic amines is 1. The molecule has 168 valence electrons. The van der Waals surface area contributed by atoms with Gasteiger partial charge >= 0.3 is 5.97 Å². The average molecular weight is 445 g/mol. The molecule has 0 bridgehead atoms. The van der Waals surface area contributed by atoms with Crippen LogP contribution in [0.15, 0.2) is 72.8 Å². The highest BCUT2D eigenvalue weighted by Crippen LogP contribution is 2.26. The van der Waals surface area contributed by atoms with Crippen molar-refractivity contribution in [1.82, 2.24) is 15.5 Å². The molecule has 0 aliphatic carbocycles. The Morgan fingerprint density at radius 2 is 1.45 bits per heavy atom. The van der Waals surface area contributed by atoms with Crippen molar-refractivity contribution in [2.75, 3.05) is 20.8 Å². The number of esters is 1. The van der Waals surface area contributed by atoms with Crippen LogP contribution in [0.2, 0.25) is 0 Å². The van der Waals surface area contributed by atoms with E-state index in [2.05, 4.69) is 15.5 Å². The van der Waals surface area contributed by atoms with Crippen molar-refractivity contribution in [1.29, 1.82) is 0 Å². The van der Waals surface area contributed by atoms with Crippen molar-refractivity contribution in [3.63, 3.8) is 0 Å². The van der Waals surface area contributed by atoms with Crippen molar-refractivity contribution >= 4 is 22.8 Å². The van der Waals surface area contributed by atoms with Crippen LogP contribution >= 0.6 is 0 Å². The fourth-order valence-corrected chi connectivity index (χ4v) is 3.47. The van der Waals surface area contributed by atoms with E-state index in [-0.39, 0.29) is 5.69 Å². The summed E-state index contributed by atoms with van der Waals surface area (Å²) in [5, 5.41) is 10.4. The molecule has 0 radical (unpaired) electrons. The quantitative estimate of drug-likeness (QED) is 0.402. The maximum absolute atomic E-state index is 12.7. The SMILES string of the molecule is COc1ccc(C(NC(=O)COC(=O)c2n[nH]c3ccccc23)c2ccc(OC)cc2)cc1. The Bertz CT molecular complexity index is 1200. The van der Waals surface area contributed by atoms with E-state index in [0.717, 1.165) is 11.1 Å². The van der Waals surface area contributed by atoms with Crippen LogP contribution in [0.4, 0.5) is 0 Å². The van der Waals surface area contributed by atoms with Gasteiger partial charge in [-0.15, -0.1) is 0 Å². The first-order valence-electron chi connectivity index (χ1n) is 10.3. The smallest absolute Gasteiger partial charge is 0.359 e. The molecule has 0 aliphatic rings. The van der Waals surface area contributed by atoms with Crippen molar-refractivity contribution in [3.8, 4) is 11.5 Å². The number of nitrogens with one attached hydrogen (secondary N) is 2. The second-order valence-electron chi connectivity index (χ2n) is 7.24. The van der Waals surface area contributed by atoms with Gasteiger partial charge in [0.25, 0.3) is 5.91 Å². The van der Waals surface area contributed by atoms with Gasteiger partial charge in [0.1, 0.15) is 11.5 Å². The summed E-state index contributed by atoms with van der Waals surface area (Å²) in [6.07, 6.45) is 0. The second-order valence-corrected chi connectivity index (χ2v) is 7.24. The molecule has 0 atom stereocenters. The van der Waals surface area contributed by atoms with E-state index in [1.807, 2.05) is 54.6 Å². The lowest BCUT2D eigenvalue weighted by Gasteiger charge is -2.20. The summed E-state index contributed by atoms with van der Waals surface area (Å²) in [7, 11) is 3.18. The first-order chi connectivity index (χ1) is 16.1. The number of hydrogen-bond acceptors (Lipinski definition) is 6. The summed E-state index contributed by atoms with van der Waals surface area (Å²) in [5.41, 5.74) is 2.55. The molecule has 8 heteroatoms. The second kappa shape index (κ2) is 9.86. The number of rotatable bonds is 8. The Kier molecular flexibility index (Phi) is 6.54. The lowest BCUT2D eigenvalue weighted by Crippen LogP contribution is -2.33. The number of para-hydroxylation sites is 1. The Morgan fingerprint density at radius 1 is 0.879 bits per heavy atom. The van der Waals surface area contributed by atoms with E-state index >= 15 is 0 Å². The van der Waals surface area contributed by atoms with Gasteiger partial charge in [0.05, 0.1) is 25.8 Å². The Labute approximate surface area is 190 Å². The van der Waals surface area contributed by atoms with Crippen LogP contribution in [-0.4, -0.2) is 42.9 Å². The van der Waals surface area contributed by atoms with Crippen molar-refractivity contribution < 1.29 is 23.8 Å². The summed E-state index contributed by atoms with van der Waals surface area (Å²) in [4.78, 5) is 25.2. The molecule has 0 fully saturated rings. The van der Waals surface area contributed by atoms with Crippen molar-refractivity contribution in [2.24, 2.45) is 0 Å². The number of ether oxygens (including phenoxy) is 3. The van der Waals surface area contributed by atoms with Crippen molar-refractivity contribution in [2.45, 2.75) is 6.04 Å². The zero-order valence-corrected chi connectivity index (χ0v) is 18.2. The van der Waals surface area contributed by atoms with Crippen molar-refractivity contribution in [3.05, 3.63) is 89.6 Å². The number of hydrogen-bond donors (Lipinski definition) is 2. The number of aromatic nitrogens is 2. The van der Waals surface area contributed by atoms with Crippen LogP contribution in [0.3, 0.4) is 0 Å². The highest BCUT2D eigenvalue weighted by Gasteiger charge is 2.20. The molecule has 1 aromatic heterocycles. The molecule has 4 rings (SSSR count). The first-order valence-corrected chi connectivity index (χ1v) is 10.3. The van der Waals surface area contributed by atoms with Gasteiger partial charge in [-0.1, -0.05) is 42.5 Å². The number of carbonyl (C=O) groups excluding carboxylic acids is 2. The molecule has 8 nitrogen and oxygen atoms in total. The summed E-state index contributed by atoms with van der Waals surface area (Å²) < 4.78 is 15.7. The van der Waals surface area contributed by atoms with Gasteiger partial charge in [0, 0.05) is 5.39 Å². The molecule has 2 N–H and O–H groups in total. The number of fused-ring (bicyclic) bond motifs is 1. The molecule has 1 amide bonds. The fraction of sp³-hybridized carbons (Fsp3) is 0.160. The van der Waals surface area contributed by atoms with E-state index < -0.39 is 24.5 Å². The number of H-pyrrole nitrogens is 1. The fourth-order valence-electron chi connectivity index (χ4n) is 3.47. The minimum Gasteiger partial charge on any atom is -0.497 e. The number of amides is 1. The van der Waals surface area contributed by atoms with Crippen LogP contribution in [0.1, 0.15) is 27.7 Å². The van der Waals surface area contributed by atoms with Crippen LogP contribution in [0.25, 0.3) is 10.9 Å². The monoisotopic (exact) mass is 445 g/mol. The van der Waals surface area contributed by atoms with Gasteiger partial charge in [-0.3, -0.25) is 9.89 Å². The standard InChI is InChI=1S/C25H23N3O5/c1-31-18-11-7-16(8-12-18)23(17-9-13-19(32-2)14-10-17)26-22(29)15-33-25(30)24-20-5-3-4-6-21(20)27-28-24/h3-14,23H,15H2,1-2H3,(H,26,29)(H,27,28). The van der Waals surface area contributed by atoms with Gasteiger partial charge in [0.15, 0.2) is 12.3 Å². The van der Waals surface area contributed by atoms with Gasteiger partial charge in [-0.05, 0) is 41.5 Å². The normalized spacial score (nSPS) is 10.8. The van der Waals surface area contributed by atoms with Gasteiger partial charge < -0.3 is 19.5 Å². The Hall–Kier alpha value is -4.33. The Morgan fingerprint density at radius 3 is 2.03 bits per heavy atom. The van der Waals surface area contributed by atoms with Gasteiger partial charge in [0.2, 0.25) is 0 Å². The molecule has 0 spiro atoms. The van der Waals surface area contributed by atoms with Gasteiger partial charge in [-0.2, -0.15) is 5.10 Å². The lowest BCUT2D eigenvalue weighted by molar-refractivity contribution is -0.124. The third kappa shape index (κ3) is 4.95. The average Bonchev–Trinajstić information content (AvgIpc) is 3.30. The summed E-state index contributed by atoms with van der Waals surface area (Å²) in [6.45, 7) is -0.442. The topological polar surface area (TPSA) is 103 Å². The lowest BCUT2D eigenvalue weighted by atomic mass is 9.98. The van der Waals surface area contributed by atoms with Gasteiger partial charge in [-0.25, -0.2) is 4.79 Å². The van der Waals surface area contributed by atoms with E-state index in [4.69, 9.17) is 14.2 Å². The van der Waals surface area contributed by atoms with Crippen LogP contribution < -0.4 is 14.8 Å². The number of carbonyl (C=O) groups is 2. The van der Waals surface area contributed by atoms with E-state index in [1.54, 1.807) is 32.4 Å². The molecular weight excluding hydrogens is 422 g/mol. The summed E-state index contributed by atoms with van der Waals surface area (Å²) in [5.74, 6) is 0.297. The maximum atomic E-state index is 12.7. The first kappa shape index (κ1) is 21.9. The molecule has 0 unspecified atom stereocenters. The number of nitrogens with zero attached hydrogens (tertiary/aromatic N) is 1. The predicted octanol–water partition coefficient (Wildman–Crippen LogP) is 3.64. The number of methoxy groups -OCH3 is 2. The molecule has 0 saturated heterocycles. The van der Waals surface area contributed by atoms with E-state index in [9.17, 15) is 9.59 Å². The number of benzene rings is 3. The Balaban J connectivity index is 1.48. The van der Waals surface area contributed by atoms with E-state index in [1.165, 1.54) is 0 Å². The minimum absolute atomic E-state index is 0.139. The van der Waals surface area contributed by atoms with Crippen LogP contribution in [0, 0.1) is 0 Å². The highest BCUT2D eigenvalue weighted by molar-refractivity contribution is 6.02. The molecule has 0 saturated carbocycles. The maximum Gasteiger partial charge on any atom is 0.359 e. The summed E-state index contributed by atoms with van der Waals surface area (Å²) in [6, 6.07) is 21.5. The molecular formula is C25H23N3O5. The highest BCUT2D eigenvalue weighted by atomic mass is 16.5.